The highest BCUT2D eigenvalue weighted by Crippen LogP contribution is 2.54. The quantitative estimate of drug-likeness (QED) is 0.188. The van der Waals surface area contributed by atoms with Crippen LogP contribution >= 0.6 is 11.8 Å². The van der Waals surface area contributed by atoms with Crippen molar-refractivity contribution in [3.8, 4) is 44.5 Å². The van der Waals surface area contributed by atoms with Crippen molar-refractivity contribution in [2.75, 3.05) is 4.90 Å². The molecule has 49 heavy (non-hydrogen) atoms. The zero-order valence-corrected chi connectivity index (χ0v) is 27.6. The molecule has 0 unspecified atom stereocenters. The Morgan fingerprint density at radius 3 is 1.59 bits per heavy atom. The van der Waals surface area contributed by atoms with Crippen LogP contribution in [0.5, 0.6) is 0 Å². The number of hydrogen-bond acceptors (Lipinski definition) is 2. The second kappa shape index (κ2) is 11.4. The summed E-state index contributed by atoms with van der Waals surface area (Å²) in [4.78, 5) is 4.99. The number of benzene rings is 8. The first kappa shape index (κ1) is 28.2. The maximum Gasteiger partial charge on any atom is 0.0602 e. The number of rotatable bonds is 4. The molecule has 230 valence electrons. The molecule has 1 aliphatic carbocycles. The third-order valence-corrected chi connectivity index (χ3v) is 11.2. The first-order valence-corrected chi connectivity index (χ1v) is 17.7. The molecule has 0 amide bonds. The van der Waals surface area contributed by atoms with Gasteiger partial charge in [-0.1, -0.05) is 151 Å². The lowest BCUT2D eigenvalue weighted by atomic mass is 9.93. The smallest absolute Gasteiger partial charge is 0.0602 e. The molecule has 10 rings (SSSR count). The summed E-state index contributed by atoms with van der Waals surface area (Å²) in [6.45, 7) is 0. The lowest BCUT2D eigenvalue weighted by molar-refractivity contribution is 1.17. The zero-order valence-electron chi connectivity index (χ0n) is 26.8. The molecule has 2 aliphatic rings. The SMILES string of the molecule is c1ccc(-c2ccc3c(c2)Sc2cc(-c4ccccc4)ccc2N3c2ccc(-c3ccc4c(c3)-c3ccccc3C4)c3ccccc23)cc1. The van der Waals surface area contributed by atoms with E-state index >= 15 is 0 Å². The molecule has 1 heterocycles. The van der Waals surface area contributed by atoms with Gasteiger partial charge in [-0.25, -0.2) is 0 Å². The highest BCUT2D eigenvalue weighted by molar-refractivity contribution is 7.99. The number of anilines is 3. The van der Waals surface area contributed by atoms with Crippen molar-refractivity contribution >= 4 is 39.6 Å². The molecule has 0 saturated heterocycles. The van der Waals surface area contributed by atoms with Gasteiger partial charge < -0.3 is 4.90 Å². The van der Waals surface area contributed by atoms with E-state index in [9.17, 15) is 0 Å². The predicted octanol–water partition coefficient (Wildman–Crippen LogP) is 13.3. The Hall–Kier alpha value is -5.83. The summed E-state index contributed by atoms with van der Waals surface area (Å²) in [6, 6.07) is 64.7. The Bertz CT molecular complexity index is 2460. The fourth-order valence-electron chi connectivity index (χ4n) is 7.71. The van der Waals surface area contributed by atoms with Crippen molar-refractivity contribution in [3.05, 3.63) is 187 Å². The highest BCUT2D eigenvalue weighted by atomic mass is 32.2. The molecule has 0 atom stereocenters. The van der Waals surface area contributed by atoms with Crippen molar-refractivity contribution in [3.63, 3.8) is 0 Å². The lowest BCUT2D eigenvalue weighted by Gasteiger charge is -2.34. The van der Waals surface area contributed by atoms with Crippen LogP contribution < -0.4 is 4.90 Å². The molecular weight excluding hydrogens is 611 g/mol. The van der Waals surface area contributed by atoms with Crippen molar-refractivity contribution in [2.24, 2.45) is 0 Å². The van der Waals surface area contributed by atoms with E-state index in [-0.39, 0.29) is 0 Å². The number of hydrogen-bond donors (Lipinski definition) is 0. The first-order chi connectivity index (χ1) is 24.3. The van der Waals surface area contributed by atoms with Gasteiger partial charge in [0.25, 0.3) is 0 Å². The van der Waals surface area contributed by atoms with E-state index in [1.54, 1.807) is 0 Å². The third-order valence-electron chi connectivity index (χ3n) is 10.1. The van der Waals surface area contributed by atoms with Crippen molar-refractivity contribution in [1.82, 2.24) is 0 Å². The largest absolute Gasteiger partial charge is 0.308 e. The third kappa shape index (κ3) is 4.71. The minimum Gasteiger partial charge on any atom is -0.308 e. The van der Waals surface area contributed by atoms with Crippen LogP contribution in [0.3, 0.4) is 0 Å². The second-order valence-electron chi connectivity index (χ2n) is 12.9. The summed E-state index contributed by atoms with van der Waals surface area (Å²) >= 11 is 1.87. The van der Waals surface area contributed by atoms with Crippen LogP contribution in [0, 0.1) is 0 Å². The predicted molar refractivity (Wildman–Crippen MR) is 207 cm³/mol. The lowest BCUT2D eigenvalue weighted by Crippen LogP contribution is -2.15. The van der Waals surface area contributed by atoms with E-state index in [0.29, 0.717) is 0 Å². The van der Waals surface area contributed by atoms with Crippen LogP contribution in [0.4, 0.5) is 17.1 Å². The summed E-state index contributed by atoms with van der Waals surface area (Å²) in [5.74, 6) is 0. The maximum atomic E-state index is 2.48. The van der Waals surface area contributed by atoms with Crippen LogP contribution in [0.15, 0.2) is 186 Å². The molecule has 8 aromatic carbocycles. The van der Waals surface area contributed by atoms with Crippen LogP contribution in [0.1, 0.15) is 11.1 Å². The Morgan fingerprint density at radius 1 is 0.347 bits per heavy atom. The van der Waals surface area contributed by atoms with Gasteiger partial charge in [0.1, 0.15) is 0 Å². The molecular formula is C47H31NS. The number of fused-ring (bicyclic) bond motifs is 6. The van der Waals surface area contributed by atoms with Crippen molar-refractivity contribution < 1.29 is 0 Å². The second-order valence-corrected chi connectivity index (χ2v) is 14.0. The van der Waals surface area contributed by atoms with Gasteiger partial charge in [0.05, 0.1) is 17.1 Å². The summed E-state index contributed by atoms with van der Waals surface area (Å²) in [5, 5.41) is 2.50. The Kier molecular flexibility index (Phi) is 6.56. The van der Waals surface area contributed by atoms with Crippen LogP contribution in [-0.2, 0) is 6.42 Å². The molecule has 0 saturated carbocycles. The minimum atomic E-state index is 1.01. The normalized spacial score (nSPS) is 12.7. The van der Waals surface area contributed by atoms with E-state index < -0.39 is 0 Å². The summed E-state index contributed by atoms with van der Waals surface area (Å²) in [5.41, 5.74) is 16.6. The monoisotopic (exact) mass is 641 g/mol. The summed E-state index contributed by atoms with van der Waals surface area (Å²) in [7, 11) is 0. The van der Waals surface area contributed by atoms with Gasteiger partial charge in [-0.2, -0.15) is 0 Å². The van der Waals surface area contributed by atoms with E-state index in [0.717, 1.165) is 6.42 Å². The van der Waals surface area contributed by atoms with Gasteiger partial charge in [0.15, 0.2) is 0 Å². The van der Waals surface area contributed by atoms with Gasteiger partial charge >= 0.3 is 0 Å². The Morgan fingerprint density at radius 2 is 0.898 bits per heavy atom. The van der Waals surface area contributed by atoms with Gasteiger partial charge in [0, 0.05) is 15.2 Å². The van der Waals surface area contributed by atoms with Crippen molar-refractivity contribution in [2.45, 2.75) is 16.2 Å². The standard InChI is InChI=1S/C47H31NS/c1-3-11-31(12-4-1)33-21-24-44-46(29-33)49-47-30-34(32-13-5-2-6-14-32)22-25-45(47)48(44)43-26-23-39(40-17-9-10-18-41(40)43)37-20-19-36-27-35-15-7-8-16-38(35)42(36)28-37/h1-26,28-30H,27H2. The van der Waals surface area contributed by atoms with E-state index in [1.807, 2.05) is 11.8 Å². The fraction of sp³-hybridized carbons (Fsp3) is 0.0213. The molecule has 0 radical (unpaired) electrons. The topological polar surface area (TPSA) is 3.24 Å². The molecule has 1 nitrogen and oxygen atoms in total. The molecule has 1 aliphatic heterocycles. The maximum absolute atomic E-state index is 2.48. The first-order valence-electron chi connectivity index (χ1n) is 16.9. The summed E-state index contributed by atoms with van der Waals surface area (Å²) in [6.07, 6.45) is 1.01. The zero-order chi connectivity index (χ0) is 32.3. The molecule has 0 aromatic heterocycles. The van der Waals surface area contributed by atoms with E-state index in [1.165, 1.54) is 93.3 Å². The van der Waals surface area contributed by atoms with Gasteiger partial charge in [-0.3, -0.25) is 0 Å². The molecule has 0 N–H and O–H groups in total. The van der Waals surface area contributed by atoms with Gasteiger partial charge in [0.2, 0.25) is 0 Å². The summed E-state index contributed by atoms with van der Waals surface area (Å²) < 4.78 is 0. The molecule has 2 heteroatoms. The Labute approximate surface area is 291 Å². The van der Waals surface area contributed by atoms with E-state index in [4.69, 9.17) is 0 Å². The Balaban J connectivity index is 1.15. The van der Waals surface area contributed by atoms with Crippen LogP contribution in [-0.4, -0.2) is 0 Å². The van der Waals surface area contributed by atoms with E-state index in [2.05, 4.69) is 181 Å². The average Bonchev–Trinajstić information content (AvgIpc) is 3.55. The fourth-order valence-corrected chi connectivity index (χ4v) is 8.85. The van der Waals surface area contributed by atoms with Crippen LogP contribution in [0.25, 0.3) is 55.3 Å². The highest BCUT2D eigenvalue weighted by Gasteiger charge is 2.28. The van der Waals surface area contributed by atoms with Gasteiger partial charge in [-0.05, 0) is 104 Å². The molecule has 0 fully saturated rings. The minimum absolute atomic E-state index is 1.01. The average molecular weight is 642 g/mol. The molecule has 8 aromatic rings. The van der Waals surface area contributed by atoms with Crippen molar-refractivity contribution in [1.29, 1.82) is 0 Å². The van der Waals surface area contributed by atoms with Crippen LogP contribution in [0.2, 0.25) is 0 Å². The van der Waals surface area contributed by atoms with Gasteiger partial charge in [-0.15, -0.1) is 0 Å². The number of nitrogens with zero attached hydrogens (tertiary/aromatic N) is 1. The molecule has 0 spiro atoms. The molecule has 0 bridgehead atoms.